The molecule has 0 heterocycles. The summed E-state index contributed by atoms with van der Waals surface area (Å²) in [7, 11) is 1.84. The van der Waals surface area contributed by atoms with Crippen LogP contribution in [0.2, 0.25) is 0 Å². The van der Waals surface area contributed by atoms with Gasteiger partial charge in [0.2, 0.25) is 0 Å². The molecule has 0 N–H and O–H groups in total. The van der Waals surface area contributed by atoms with E-state index in [1.807, 2.05) is 36.2 Å². The lowest BCUT2D eigenvalue weighted by molar-refractivity contribution is 0.307. The Kier molecular flexibility index (Phi) is 5.29. The van der Waals surface area contributed by atoms with E-state index in [0.29, 0.717) is 6.54 Å². The van der Waals surface area contributed by atoms with Crippen LogP contribution >= 0.6 is 31.9 Å². The molecule has 1 nitrogen and oxygen atoms in total. The fourth-order valence-electron chi connectivity index (χ4n) is 1.94. The summed E-state index contributed by atoms with van der Waals surface area (Å²) >= 11 is 6.45. The van der Waals surface area contributed by atoms with Gasteiger partial charge >= 0.3 is 0 Å². The number of hydrogen-bond acceptors (Lipinski definition) is 1. The number of rotatable bonds is 4. The molecule has 0 amide bonds. The zero-order valence-electron chi connectivity index (χ0n) is 10.8. The first-order valence-electron chi connectivity index (χ1n) is 6.02. The fraction of sp³-hybridized carbons (Fsp3) is 0.200. The van der Waals surface area contributed by atoms with Crippen LogP contribution in [0.4, 0.5) is 8.78 Å². The maximum atomic E-state index is 13.9. The Morgan fingerprint density at radius 1 is 0.950 bits per heavy atom. The SMILES string of the molecule is CN(Cc1ccc(Br)cc1)Cc1c(F)ccc(Br)c1F. The van der Waals surface area contributed by atoms with Crippen molar-refractivity contribution in [3.8, 4) is 0 Å². The Morgan fingerprint density at radius 2 is 1.60 bits per heavy atom. The number of halogens is 4. The van der Waals surface area contributed by atoms with Crippen LogP contribution in [-0.2, 0) is 13.1 Å². The molecule has 0 radical (unpaired) electrons. The standard InChI is InChI=1S/C15H13Br2F2N/c1-20(8-10-2-4-11(16)5-3-10)9-12-14(18)7-6-13(17)15(12)19/h2-7H,8-9H2,1H3. The van der Waals surface area contributed by atoms with Crippen molar-refractivity contribution in [3.63, 3.8) is 0 Å². The van der Waals surface area contributed by atoms with E-state index in [9.17, 15) is 8.78 Å². The second-order valence-corrected chi connectivity index (χ2v) is 6.39. The second kappa shape index (κ2) is 6.78. The van der Waals surface area contributed by atoms with Crippen molar-refractivity contribution < 1.29 is 8.78 Å². The molecule has 0 bridgehead atoms. The van der Waals surface area contributed by atoms with Gasteiger partial charge in [-0.1, -0.05) is 28.1 Å². The zero-order valence-corrected chi connectivity index (χ0v) is 14.0. The van der Waals surface area contributed by atoms with Gasteiger partial charge in [-0.15, -0.1) is 0 Å². The van der Waals surface area contributed by atoms with Gasteiger partial charge in [0.25, 0.3) is 0 Å². The van der Waals surface area contributed by atoms with Crippen LogP contribution in [0.15, 0.2) is 45.3 Å². The summed E-state index contributed by atoms with van der Waals surface area (Å²) in [5.74, 6) is -1.05. The molecular formula is C15H13Br2F2N. The molecule has 0 aliphatic heterocycles. The van der Waals surface area contributed by atoms with Crippen molar-refractivity contribution >= 4 is 31.9 Å². The lowest BCUT2D eigenvalue weighted by Gasteiger charge is -2.18. The van der Waals surface area contributed by atoms with Crippen molar-refractivity contribution in [2.24, 2.45) is 0 Å². The van der Waals surface area contributed by atoms with E-state index in [4.69, 9.17) is 0 Å². The van der Waals surface area contributed by atoms with Crippen LogP contribution in [0.5, 0.6) is 0 Å². The minimum atomic E-state index is -0.535. The predicted molar refractivity (Wildman–Crippen MR) is 83.4 cm³/mol. The quantitative estimate of drug-likeness (QED) is 0.639. The summed E-state index contributed by atoms with van der Waals surface area (Å²) < 4.78 is 28.9. The average molecular weight is 405 g/mol. The lowest BCUT2D eigenvalue weighted by Crippen LogP contribution is -2.19. The highest BCUT2D eigenvalue weighted by Crippen LogP contribution is 2.23. The lowest BCUT2D eigenvalue weighted by atomic mass is 10.1. The van der Waals surface area contributed by atoms with Crippen LogP contribution in [0, 0.1) is 11.6 Å². The predicted octanol–water partition coefficient (Wildman–Crippen LogP) is 5.12. The first-order chi connectivity index (χ1) is 9.47. The molecule has 2 rings (SSSR count). The molecule has 0 aliphatic carbocycles. The molecule has 0 unspecified atom stereocenters. The van der Waals surface area contributed by atoms with Gasteiger partial charge in [0.15, 0.2) is 0 Å². The van der Waals surface area contributed by atoms with E-state index < -0.39 is 11.6 Å². The summed E-state index contributed by atoms with van der Waals surface area (Å²) in [6, 6.07) is 10.5. The first kappa shape index (κ1) is 15.6. The molecule has 0 saturated carbocycles. The van der Waals surface area contributed by atoms with E-state index in [1.54, 1.807) is 0 Å². The Morgan fingerprint density at radius 3 is 2.25 bits per heavy atom. The van der Waals surface area contributed by atoms with E-state index in [0.717, 1.165) is 10.0 Å². The van der Waals surface area contributed by atoms with Gasteiger partial charge < -0.3 is 0 Å². The summed E-state index contributed by atoms with van der Waals surface area (Å²) in [6.07, 6.45) is 0. The summed E-state index contributed by atoms with van der Waals surface area (Å²) in [6.45, 7) is 0.839. The van der Waals surface area contributed by atoms with Crippen LogP contribution in [0.3, 0.4) is 0 Å². The molecule has 106 valence electrons. The van der Waals surface area contributed by atoms with E-state index >= 15 is 0 Å². The number of nitrogens with zero attached hydrogens (tertiary/aromatic N) is 1. The Bertz CT molecular complexity index is 600. The van der Waals surface area contributed by atoms with Crippen molar-refractivity contribution in [2.45, 2.75) is 13.1 Å². The van der Waals surface area contributed by atoms with Crippen LogP contribution < -0.4 is 0 Å². The monoisotopic (exact) mass is 403 g/mol. The zero-order chi connectivity index (χ0) is 14.7. The number of benzene rings is 2. The van der Waals surface area contributed by atoms with Crippen molar-refractivity contribution in [1.29, 1.82) is 0 Å². The molecule has 0 saturated heterocycles. The summed E-state index contributed by atoms with van der Waals surface area (Å²) in [5.41, 5.74) is 1.17. The summed E-state index contributed by atoms with van der Waals surface area (Å²) in [4.78, 5) is 1.87. The topological polar surface area (TPSA) is 3.24 Å². The first-order valence-corrected chi connectivity index (χ1v) is 7.61. The molecule has 0 aliphatic rings. The molecule has 2 aromatic rings. The average Bonchev–Trinajstić information content (AvgIpc) is 2.42. The molecule has 2 aromatic carbocycles. The van der Waals surface area contributed by atoms with Crippen LogP contribution in [0.25, 0.3) is 0 Å². The Hall–Kier alpha value is -0.780. The van der Waals surface area contributed by atoms with Crippen molar-refractivity contribution in [2.75, 3.05) is 7.05 Å². The molecule has 20 heavy (non-hydrogen) atoms. The smallest absolute Gasteiger partial charge is 0.144 e. The van der Waals surface area contributed by atoms with Crippen LogP contribution in [-0.4, -0.2) is 11.9 Å². The maximum absolute atomic E-state index is 13.9. The second-order valence-electron chi connectivity index (χ2n) is 4.62. The minimum absolute atomic E-state index is 0.0824. The highest BCUT2D eigenvalue weighted by Gasteiger charge is 2.14. The van der Waals surface area contributed by atoms with Gasteiger partial charge in [0, 0.05) is 23.1 Å². The van der Waals surface area contributed by atoms with E-state index in [1.165, 1.54) is 12.1 Å². The van der Waals surface area contributed by atoms with Gasteiger partial charge in [-0.2, -0.15) is 0 Å². The Balaban J connectivity index is 2.10. The van der Waals surface area contributed by atoms with E-state index in [2.05, 4.69) is 31.9 Å². The van der Waals surface area contributed by atoms with Crippen molar-refractivity contribution in [3.05, 3.63) is 68.1 Å². The molecule has 0 atom stereocenters. The fourth-order valence-corrected chi connectivity index (χ4v) is 2.58. The highest BCUT2D eigenvalue weighted by atomic mass is 79.9. The molecule has 5 heteroatoms. The summed E-state index contributed by atoms with van der Waals surface area (Å²) in [5, 5.41) is 0. The largest absolute Gasteiger partial charge is 0.298 e. The van der Waals surface area contributed by atoms with Gasteiger partial charge in [-0.3, -0.25) is 4.90 Å². The third-order valence-corrected chi connectivity index (χ3v) is 4.07. The maximum Gasteiger partial charge on any atom is 0.144 e. The Labute approximate surface area is 133 Å². The normalized spacial score (nSPS) is 11.1. The van der Waals surface area contributed by atoms with Gasteiger partial charge in [0.1, 0.15) is 11.6 Å². The molecule has 0 fully saturated rings. The van der Waals surface area contributed by atoms with Gasteiger partial charge in [-0.05, 0) is 52.8 Å². The third-order valence-electron chi connectivity index (χ3n) is 2.93. The van der Waals surface area contributed by atoms with Gasteiger partial charge in [-0.25, -0.2) is 8.78 Å². The van der Waals surface area contributed by atoms with Gasteiger partial charge in [0.05, 0.1) is 4.47 Å². The van der Waals surface area contributed by atoms with E-state index in [-0.39, 0.29) is 16.6 Å². The molecular weight excluding hydrogens is 392 g/mol. The van der Waals surface area contributed by atoms with Crippen molar-refractivity contribution in [1.82, 2.24) is 4.90 Å². The third kappa shape index (κ3) is 3.87. The van der Waals surface area contributed by atoms with Crippen LogP contribution in [0.1, 0.15) is 11.1 Å². The molecule has 0 spiro atoms. The highest BCUT2D eigenvalue weighted by molar-refractivity contribution is 9.10. The number of hydrogen-bond donors (Lipinski definition) is 0. The minimum Gasteiger partial charge on any atom is -0.298 e. The molecule has 0 aromatic heterocycles.